The molecule has 1 heterocycles. The maximum Gasteiger partial charge on any atom is 0.270 e. The van der Waals surface area contributed by atoms with Crippen LogP contribution >= 0.6 is 12.4 Å². The largest absolute Gasteiger partial charge is 0.398 e. The summed E-state index contributed by atoms with van der Waals surface area (Å²) in [6, 6.07) is 3.98. The number of halogens is 1. The minimum Gasteiger partial charge on any atom is -0.398 e. The number of carbonyl (C=O) groups excluding carboxylic acids is 1. The molecule has 1 aliphatic heterocycles. The van der Waals surface area contributed by atoms with E-state index in [0.717, 1.165) is 0 Å². The Kier molecular flexibility index (Phi) is 5.29. The molecular formula is C12H17ClN4O3. The van der Waals surface area contributed by atoms with E-state index in [9.17, 15) is 14.9 Å². The number of carbonyl (C=O) groups is 1. The van der Waals surface area contributed by atoms with Crippen LogP contribution in [0.15, 0.2) is 18.2 Å². The normalized spacial score (nSPS) is 18.2. The van der Waals surface area contributed by atoms with Crippen molar-refractivity contribution in [2.45, 2.75) is 13.0 Å². The van der Waals surface area contributed by atoms with Crippen LogP contribution in [0.25, 0.3) is 0 Å². The molecule has 110 valence electrons. The van der Waals surface area contributed by atoms with Crippen molar-refractivity contribution in [3.63, 3.8) is 0 Å². The maximum absolute atomic E-state index is 12.4. The molecule has 7 nitrogen and oxygen atoms in total. The molecule has 1 atom stereocenters. The molecule has 1 unspecified atom stereocenters. The number of hydrogen-bond donors (Lipinski definition) is 2. The van der Waals surface area contributed by atoms with Crippen LogP contribution in [0.2, 0.25) is 0 Å². The third-order valence-electron chi connectivity index (χ3n) is 3.24. The van der Waals surface area contributed by atoms with E-state index in [2.05, 4.69) is 5.32 Å². The predicted molar refractivity (Wildman–Crippen MR) is 78.1 cm³/mol. The average Bonchev–Trinajstić information content (AvgIpc) is 2.38. The SMILES string of the molecule is CC1CNCCN1C(=O)c1cc([N+](=O)[O-])ccc1N.Cl. The third-order valence-corrected chi connectivity index (χ3v) is 3.24. The van der Waals surface area contributed by atoms with Crippen molar-refractivity contribution in [1.29, 1.82) is 0 Å². The number of nitro benzene ring substituents is 1. The maximum atomic E-state index is 12.4. The molecule has 1 aliphatic rings. The Morgan fingerprint density at radius 1 is 1.55 bits per heavy atom. The fourth-order valence-electron chi connectivity index (χ4n) is 2.14. The lowest BCUT2D eigenvalue weighted by molar-refractivity contribution is -0.384. The molecule has 0 saturated carbocycles. The molecule has 20 heavy (non-hydrogen) atoms. The predicted octanol–water partition coefficient (Wildman–Crippen LogP) is 1.03. The Labute approximate surface area is 122 Å². The number of nitrogens with two attached hydrogens (primary N) is 1. The van der Waals surface area contributed by atoms with Crippen molar-refractivity contribution in [3.8, 4) is 0 Å². The van der Waals surface area contributed by atoms with E-state index in [1.807, 2.05) is 6.92 Å². The minimum atomic E-state index is -0.530. The summed E-state index contributed by atoms with van der Waals surface area (Å²) in [5, 5.41) is 13.9. The van der Waals surface area contributed by atoms with Gasteiger partial charge in [0.15, 0.2) is 0 Å². The number of hydrogen-bond acceptors (Lipinski definition) is 5. The average molecular weight is 301 g/mol. The number of nitrogen functional groups attached to an aromatic ring is 1. The number of non-ortho nitro benzene ring substituents is 1. The van der Waals surface area contributed by atoms with Crippen LogP contribution in [0, 0.1) is 10.1 Å². The number of rotatable bonds is 2. The van der Waals surface area contributed by atoms with E-state index in [0.29, 0.717) is 19.6 Å². The van der Waals surface area contributed by atoms with E-state index < -0.39 is 4.92 Å². The molecule has 1 aromatic rings. The highest BCUT2D eigenvalue weighted by molar-refractivity contribution is 6.00. The summed E-state index contributed by atoms with van der Waals surface area (Å²) in [4.78, 5) is 24.3. The number of nitrogens with zero attached hydrogens (tertiary/aromatic N) is 2. The highest BCUT2D eigenvalue weighted by Gasteiger charge is 2.26. The Bertz CT molecular complexity index is 523. The molecule has 0 radical (unpaired) electrons. The van der Waals surface area contributed by atoms with Crippen molar-refractivity contribution < 1.29 is 9.72 Å². The van der Waals surface area contributed by atoms with Gasteiger partial charge in [0, 0.05) is 43.5 Å². The quantitative estimate of drug-likeness (QED) is 0.482. The van der Waals surface area contributed by atoms with Crippen LogP contribution in [0.1, 0.15) is 17.3 Å². The van der Waals surface area contributed by atoms with Crippen LogP contribution < -0.4 is 11.1 Å². The van der Waals surface area contributed by atoms with E-state index in [1.54, 1.807) is 4.90 Å². The molecule has 1 saturated heterocycles. The number of benzene rings is 1. The molecule has 1 fully saturated rings. The van der Waals surface area contributed by atoms with Gasteiger partial charge < -0.3 is 16.0 Å². The minimum absolute atomic E-state index is 0. The lowest BCUT2D eigenvalue weighted by atomic mass is 10.1. The van der Waals surface area contributed by atoms with Gasteiger partial charge in [-0.1, -0.05) is 0 Å². The fourth-order valence-corrected chi connectivity index (χ4v) is 2.14. The van der Waals surface area contributed by atoms with Gasteiger partial charge in [-0.25, -0.2) is 0 Å². The van der Waals surface area contributed by atoms with Crippen molar-refractivity contribution in [3.05, 3.63) is 33.9 Å². The summed E-state index contributed by atoms with van der Waals surface area (Å²) < 4.78 is 0. The zero-order valence-electron chi connectivity index (χ0n) is 11.0. The van der Waals surface area contributed by atoms with Crippen LogP contribution in [0.5, 0.6) is 0 Å². The molecular weight excluding hydrogens is 284 g/mol. The topological polar surface area (TPSA) is 102 Å². The van der Waals surface area contributed by atoms with E-state index in [1.165, 1.54) is 18.2 Å². The van der Waals surface area contributed by atoms with Crippen LogP contribution in [-0.4, -0.2) is 41.4 Å². The van der Waals surface area contributed by atoms with Crippen molar-refractivity contribution in [1.82, 2.24) is 10.2 Å². The molecule has 3 N–H and O–H groups in total. The molecule has 0 spiro atoms. The third kappa shape index (κ3) is 3.17. The van der Waals surface area contributed by atoms with Gasteiger partial charge in [0.2, 0.25) is 0 Å². The fraction of sp³-hybridized carbons (Fsp3) is 0.417. The first-order chi connectivity index (χ1) is 9.00. The van der Waals surface area contributed by atoms with Gasteiger partial charge in [0.25, 0.3) is 11.6 Å². The zero-order valence-corrected chi connectivity index (χ0v) is 11.9. The number of piperazine rings is 1. The Morgan fingerprint density at radius 3 is 2.85 bits per heavy atom. The summed E-state index contributed by atoms with van der Waals surface area (Å²) in [6.45, 7) is 3.92. The van der Waals surface area contributed by atoms with E-state index >= 15 is 0 Å². The van der Waals surface area contributed by atoms with Crippen molar-refractivity contribution in [2.24, 2.45) is 0 Å². The molecule has 1 aromatic carbocycles. The van der Waals surface area contributed by atoms with Gasteiger partial charge >= 0.3 is 0 Å². The van der Waals surface area contributed by atoms with Gasteiger partial charge in [0.05, 0.1) is 10.5 Å². The summed E-state index contributed by atoms with van der Waals surface area (Å²) in [6.07, 6.45) is 0. The molecule has 1 amide bonds. The zero-order chi connectivity index (χ0) is 14.0. The number of nitro groups is 1. The van der Waals surface area contributed by atoms with Crippen LogP contribution in [0.3, 0.4) is 0 Å². The van der Waals surface area contributed by atoms with E-state index in [-0.39, 0.29) is 41.3 Å². The summed E-state index contributed by atoms with van der Waals surface area (Å²) in [5.41, 5.74) is 6.09. The Balaban J connectivity index is 0.00000200. The number of amides is 1. The monoisotopic (exact) mass is 300 g/mol. The van der Waals surface area contributed by atoms with Gasteiger partial charge in [-0.3, -0.25) is 14.9 Å². The van der Waals surface area contributed by atoms with Crippen LogP contribution in [-0.2, 0) is 0 Å². The second kappa shape index (κ2) is 6.53. The van der Waals surface area contributed by atoms with Crippen molar-refractivity contribution >= 4 is 29.7 Å². The summed E-state index contributed by atoms with van der Waals surface area (Å²) in [7, 11) is 0. The van der Waals surface area contributed by atoms with Gasteiger partial charge in [0.1, 0.15) is 0 Å². The van der Waals surface area contributed by atoms with Crippen LogP contribution in [0.4, 0.5) is 11.4 Å². The van der Waals surface area contributed by atoms with Crippen molar-refractivity contribution in [2.75, 3.05) is 25.4 Å². The second-order valence-corrected chi connectivity index (χ2v) is 4.58. The lowest BCUT2D eigenvalue weighted by Gasteiger charge is -2.34. The first-order valence-corrected chi connectivity index (χ1v) is 6.06. The van der Waals surface area contributed by atoms with Gasteiger partial charge in [-0.15, -0.1) is 12.4 Å². The van der Waals surface area contributed by atoms with Gasteiger partial charge in [-0.05, 0) is 13.0 Å². The molecule has 8 heteroatoms. The smallest absolute Gasteiger partial charge is 0.270 e. The summed E-state index contributed by atoms with van der Waals surface area (Å²) >= 11 is 0. The number of anilines is 1. The van der Waals surface area contributed by atoms with E-state index in [4.69, 9.17) is 5.73 Å². The first-order valence-electron chi connectivity index (χ1n) is 6.06. The Morgan fingerprint density at radius 2 is 2.25 bits per heavy atom. The lowest BCUT2D eigenvalue weighted by Crippen LogP contribution is -2.52. The first kappa shape index (κ1) is 16.2. The highest BCUT2D eigenvalue weighted by Crippen LogP contribution is 2.22. The molecule has 2 rings (SSSR count). The molecule has 0 aromatic heterocycles. The summed E-state index contributed by atoms with van der Waals surface area (Å²) in [5.74, 6) is -0.254. The standard InChI is InChI=1S/C12H16N4O3.ClH/c1-8-7-14-4-5-15(8)12(17)10-6-9(16(18)19)2-3-11(10)13;/h2-3,6,8,14H,4-5,7,13H2,1H3;1H. The van der Waals surface area contributed by atoms with Gasteiger partial charge in [-0.2, -0.15) is 0 Å². The Hall–Kier alpha value is -1.86. The molecule has 0 aliphatic carbocycles. The second-order valence-electron chi connectivity index (χ2n) is 4.58. The number of nitrogens with one attached hydrogen (secondary N) is 1. The highest BCUT2D eigenvalue weighted by atomic mass is 35.5. The molecule has 0 bridgehead atoms.